The number of aromatic nitrogens is 2. The molecule has 0 bridgehead atoms. The van der Waals surface area contributed by atoms with Crippen LogP contribution in [0.25, 0.3) is 0 Å². The van der Waals surface area contributed by atoms with E-state index in [4.69, 9.17) is 5.73 Å². The van der Waals surface area contributed by atoms with Gasteiger partial charge >= 0.3 is 0 Å². The molecule has 2 rings (SSSR count). The second-order valence-electron chi connectivity index (χ2n) is 3.74. The molecule has 0 aliphatic carbocycles. The van der Waals surface area contributed by atoms with Crippen molar-refractivity contribution in [2.24, 2.45) is 5.73 Å². The predicted molar refractivity (Wildman–Crippen MR) is 71.7 cm³/mol. The molecule has 0 unspecified atom stereocenters. The smallest absolute Gasteiger partial charge is 0.265 e. The van der Waals surface area contributed by atoms with E-state index in [1.54, 1.807) is 0 Å². The lowest BCUT2D eigenvalue weighted by molar-refractivity contribution is 0.601. The molecule has 0 saturated carbocycles. The molecule has 104 valence electrons. The van der Waals surface area contributed by atoms with Gasteiger partial charge in [-0.25, -0.2) is 12.8 Å². The van der Waals surface area contributed by atoms with E-state index in [2.05, 4.69) is 26.8 Å². The molecule has 6 nitrogen and oxygen atoms in total. The highest BCUT2D eigenvalue weighted by Gasteiger charge is 2.15. The summed E-state index contributed by atoms with van der Waals surface area (Å²) in [6.07, 6.45) is 2.37. The summed E-state index contributed by atoms with van der Waals surface area (Å²) in [4.78, 5) is -0.0371. The van der Waals surface area contributed by atoms with E-state index < -0.39 is 15.8 Å². The van der Waals surface area contributed by atoms with Gasteiger partial charge in [-0.1, -0.05) is 11.8 Å². The molecular formula is C12H11FN4O2S. The van der Waals surface area contributed by atoms with E-state index in [0.717, 1.165) is 12.3 Å². The highest BCUT2D eigenvalue weighted by Crippen LogP contribution is 2.17. The van der Waals surface area contributed by atoms with Crippen molar-refractivity contribution in [1.82, 2.24) is 10.2 Å². The number of H-pyrrole nitrogens is 1. The summed E-state index contributed by atoms with van der Waals surface area (Å²) < 4.78 is 39.7. The van der Waals surface area contributed by atoms with E-state index in [-0.39, 0.29) is 22.7 Å². The first-order chi connectivity index (χ1) is 9.53. The number of sulfonamides is 1. The van der Waals surface area contributed by atoms with Gasteiger partial charge in [0.05, 0.1) is 24.0 Å². The molecule has 0 amide bonds. The summed E-state index contributed by atoms with van der Waals surface area (Å²) in [7, 11) is -3.78. The maximum absolute atomic E-state index is 13.7. The molecule has 0 aliphatic rings. The Bertz CT molecular complexity index is 760. The molecule has 0 saturated heterocycles. The van der Waals surface area contributed by atoms with Gasteiger partial charge in [0.15, 0.2) is 0 Å². The van der Waals surface area contributed by atoms with Crippen LogP contribution in [-0.2, 0) is 10.0 Å². The number of hydrogen-bond donors (Lipinski definition) is 3. The molecule has 0 atom stereocenters. The second-order valence-corrected chi connectivity index (χ2v) is 5.42. The van der Waals surface area contributed by atoms with Crippen molar-refractivity contribution in [3.63, 3.8) is 0 Å². The van der Waals surface area contributed by atoms with Crippen molar-refractivity contribution < 1.29 is 12.8 Å². The molecule has 0 radical (unpaired) electrons. The Morgan fingerprint density at radius 1 is 1.45 bits per heavy atom. The number of hydrogen-bond acceptors (Lipinski definition) is 4. The van der Waals surface area contributed by atoms with Crippen molar-refractivity contribution >= 4 is 15.7 Å². The average molecular weight is 294 g/mol. The van der Waals surface area contributed by atoms with Crippen LogP contribution >= 0.6 is 0 Å². The third-order valence-electron chi connectivity index (χ3n) is 2.33. The molecule has 1 aromatic carbocycles. The Kier molecular flexibility index (Phi) is 4.02. The maximum Gasteiger partial charge on any atom is 0.265 e. The Morgan fingerprint density at radius 2 is 2.25 bits per heavy atom. The lowest BCUT2D eigenvalue weighted by Gasteiger charge is -2.06. The van der Waals surface area contributed by atoms with Crippen LogP contribution in [0.15, 0.2) is 35.5 Å². The van der Waals surface area contributed by atoms with Crippen LogP contribution in [0.3, 0.4) is 0 Å². The van der Waals surface area contributed by atoms with E-state index in [1.165, 1.54) is 18.3 Å². The number of nitrogens with two attached hydrogens (primary N) is 1. The van der Waals surface area contributed by atoms with E-state index in [0.29, 0.717) is 0 Å². The Balaban J connectivity index is 2.25. The van der Waals surface area contributed by atoms with Crippen LogP contribution in [0.1, 0.15) is 5.56 Å². The number of aromatic amines is 1. The molecule has 0 fully saturated rings. The molecule has 8 heteroatoms. The topological polar surface area (TPSA) is 101 Å². The van der Waals surface area contributed by atoms with Gasteiger partial charge in [0.25, 0.3) is 10.0 Å². The van der Waals surface area contributed by atoms with Gasteiger partial charge in [0.1, 0.15) is 10.7 Å². The number of halogens is 1. The molecule has 2 aromatic rings. The molecular weight excluding hydrogens is 283 g/mol. The Hall–Kier alpha value is -2.37. The summed E-state index contributed by atoms with van der Waals surface area (Å²) in [5.41, 5.74) is 5.45. The largest absolute Gasteiger partial charge is 0.320 e. The molecule has 4 N–H and O–H groups in total. The zero-order chi connectivity index (χ0) is 14.6. The summed E-state index contributed by atoms with van der Waals surface area (Å²) in [6.45, 7) is 0.119. The number of nitrogens with zero attached hydrogens (tertiary/aromatic N) is 1. The minimum atomic E-state index is -3.78. The van der Waals surface area contributed by atoms with E-state index in [1.807, 2.05) is 0 Å². The van der Waals surface area contributed by atoms with Gasteiger partial charge in [0, 0.05) is 6.20 Å². The van der Waals surface area contributed by atoms with Crippen LogP contribution in [0.5, 0.6) is 0 Å². The first kappa shape index (κ1) is 14.0. The fourth-order valence-electron chi connectivity index (χ4n) is 1.43. The van der Waals surface area contributed by atoms with Crippen molar-refractivity contribution in [2.45, 2.75) is 4.90 Å². The first-order valence-electron chi connectivity index (χ1n) is 5.53. The molecule has 1 aromatic heterocycles. The van der Waals surface area contributed by atoms with E-state index in [9.17, 15) is 12.8 Å². The molecule has 20 heavy (non-hydrogen) atoms. The van der Waals surface area contributed by atoms with Gasteiger partial charge in [-0.15, -0.1) is 0 Å². The second kappa shape index (κ2) is 5.73. The fraction of sp³-hybridized carbons (Fsp3) is 0.0833. The van der Waals surface area contributed by atoms with Crippen LogP contribution < -0.4 is 10.5 Å². The lowest BCUT2D eigenvalue weighted by Crippen LogP contribution is -2.12. The zero-order valence-electron chi connectivity index (χ0n) is 10.2. The molecule has 0 aliphatic heterocycles. The van der Waals surface area contributed by atoms with E-state index >= 15 is 0 Å². The third-order valence-corrected chi connectivity index (χ3v) is 3.68. The molecule has 0 spiro atoms. The van der Waals surface area contributed by atoms with Gasteiger partial charge in [-0.3, -0.25) is 9.82 Å². The SMILES string of the molecule is NCC#Cc1ccc(NS(=O)(=O)c2cn[nH]c2)cc1F. The van der Waals surface area contributed by atoms with Crippen LogP contribution in [0.4, 0.5) is 10.1 Å². The van der Waals surface area contributed by atoms with Gasteiger partial charge in [-0.05, 0) is 18.2 Å². The standard InChI is InChI=1S/C12H11FN4O2S/c13-12-6-10(4-3-9(12)2-1-5-14)17-20(18,19)11-7-15-16-8-11/h3-4,6-8,17H,5,14H2,(H,15,16). The van der Waals surface area contributed by atoms with Crippen LogP contribution in [0, 0.1) is 17.7 Å². The number of anilines is 1. The van der Waals surface area contributed by atoms with Crippen molar-refractivity contribution in [1.29, 1.82) is 0 Å². The molecule has 1 heterocycles. The highest BCUT2D eigenvalue weighted by atomic mass is 32.2. The summed E-state index contributed by atoms with van der Waals surface area (Å²) in [5, 5.41) is 5.94. The highest BCUT2D eigenvalue weighted by molar-refractivity contribution is 7.92. The van der Waals surface area contributed by atoms with Crippen molar-refractivity contribution in [3.05, 3.63) is 42.0 Å². The summed E-state index contributed by atoms with van der Waals surface area (Å²) in [6, 6.07) is 3.85. The number of rotatable bonds is 3. The van der Waals surface area contributed by atoms with Gasteiger partial charge in [-0.2, -0.15) is 5.10 Å². The monoisotopic (exact) mass is 294 g/mol. The predicted octanol–water partition coefficient (Wildman–Crippen LogP) is 0.660. The fourth-order valence-corrected chi connectivity index (χ4v) is 2.38. The third kappa shape index (κ3) is 3.14. The average Bonchev–Trinajstić information content (AvgIpc) is 2.92. The van der Waals surface area contributed by atoms with Crippen LogP contribution in [-0.4, -0.2) is 25.2 Å². The minimum Gasteiger partial charge on any atom is -0.320 e. The summed E-state index contributed by atoms with van der Waals surface area (Å²) in [5.74, 6) is 4.44. The summed E-state index contributed by atoms with van der Waals surface area (Å²) >= 11 is 0. The number of nitrogens with one attached hydrogen (secondary N) is 2. The minimum absolute atomic E-state index is 0.0371. The quantitative estimate of drug-likeness (QED) is 0.724. The Morgan fingerprint density at radius 3 is 2.85 bits per heavy atom. The van der Waals surface area contributed by atoms with Gasteiger partial charge < -0.3 is 5.73 Å². The lowest BCUT2D eigenvalue weighted by atomic mass is 10.2. The Labute approximate surface area is 115 Å². The normalized spacial score (nSPS) is 10.7. The van der Waals surface area contributed by atoms with Crippen molar-refractivity contribution in [2.75, 3.05) is 11.3 Å². The maximum atomic E-state index is 13.7. The van der Waals surface area contributed by atoms with Crippen LogP contribution in [0.2, 0.25) is 0 Å². The zero-order valence-corrected chi connectivity index (χ0v) is 11.0. The van der Waals surface area contributed by atoms with Crippen molar-refractivity contribution in [3.8, 4) is 11.8 Å². The van der Waals surface area contributed by atoms with Gasteiger partial charge in [0.2, 0.25) is 0 Å². The number of benzene rings is 1. The first-order valence-corrected chi connectivity index (χ1v) is 7.01.